The number of nitrogens with one attached hydrogen (secondary N) is 1. The minimum atomic E-state index is -0.323. The van der Waals surface area contributed by atoms with Crippen molar-refractivity contribution >= 4 is 11.7 Å². The van der Waals surface area contributed by atoms with Crippen LogP contribution < -0.4 is 16.0 Å². The number of amides is 2. The van der Waals surface area contributed by atoms with Crippen LogP contribution >= 0.6 is 0 Å². The zero-order valence-electron chi connectivity index (χ0n) is 15.0. The molecule has 0 saturated carbocycles. The Bertz CT molecular complexity index is 618. The van der Waals surface area contributed by atoms with Crippen LogP contribution in [-0.2, 0) is 5.41 Å². The number of rotatable bonds is 1. The molecule has 5 nitrogen and oxygen atoms in total. The van der Waals surface area contributed by atoms with E-state index in [1.54, 1.807) is 4.90 Å². The maximum atomic E-state index is 11.9. The van der Waals surface area contributed by atoms with Crippen LogP contribution in [-0.4, -0.2) is 49.7 Å². The Morgan fingerprint density at radius 3 is 2.52 bits per heavy atom. The van der Waals surface area contributed by atoms with Crippen LogP contribution in [0.15, 0.2) is 24.3 Å². The number of anilines is 1. The molecule has 3 aliphatic rings. The number of benzene rings is 1. The first kappa shape index (κ1) is 16.9. The van der Waals surface area contributed by atoms with E-state index >= 15 is 0 Å². The first-order chi connectivity index (χ1) is 12.2. The Kier molecular flexibility index (Phi) is 4.69. The van der Waals surface area contributed by atoms with Crippen molar-refractivity contribution < 1.29 is 4.79 Å². The fraction of sp³-hybridized carbons (Fsp3) is 0.650. The highest BCUT2D eigenvalue weighted by Gasteiger charge is 2.41. The van der Waals surface area contributed by atoms with Crippen LogP contribution in [0, 0.1) is 0 Å². The Labute approximate surface area is 150 Å². The van der Waals surface area contributed by atoms with Gasteiger partial charge in [-0.2, -0.15) is 0 Å². The van der Waals surface area contributed by atoms with Crippen molar-refractivity contribution in [2.45, 2.75) is 50.0 Å². The van der Waals surface area contributed by atoms with Crippen LogP contribution in [0.2, 0.25) is 0 Å². The van der Waals surface area contributed by atoms with Gasteiger partial charge in [0.1, 0.15) is 0 Å². The molecular weight excluding hydrogens is 312 g/mol. The molecule has 2 saturated heterocycles. The normalized spacial score (nSPS) is 24.7. The molecule has 25 heavy (non-hydrogen) atoms. The topological polar surface area (TPSA) is 61.6 Å². The van der Waals surface area contributed by atoms with E-state index in [4.69, 9.17) is 5.73 Å². The molecule has 1 aromatic rings. The van der Waals surface area contributed by atoms with Crippen LogP contribution in [0.25, 0.3) is 0 Å². The largest absolute Gasteiger partial charge is 0.351 e. The fourth-order valence-electron chi connectivity index (χ4n) is 5.23. The predicted molar refractivity (Wildman–Crippen MR) is 101 cm³/mol. The lowest BCUT2D eigenvalue weighted by Crippen LogP contribution is -2.50. The number of para-hydroxylation sites is 1. The van der Waals surface area contributed by atoms with E-state index in [0.717, 1.165) is 44.2 Å². The lowest BCUT2D eigenvalue weighted by molar-refractivity contribution is 0.0927. The highest BCUT2D eigenvalue weighted by molar-refractivity contribution is 5.92. The maximum Gasteiger partial charge on any atom is 0.319 e. The predicted octanol–water partition coefficient (Wildman–Crippen LogP) is 2.45. The first-order valence-corrected chi connectivity index (χ1v) is 9.81. The number of urea groups is 1. The number of carbonyl (C=O) groups excluding carboxylic acids is 1. The third-order valence-electron chi connectivity index (χ3n) is 6.65. The molecule has 2 amide bonds. The summed E-state index contributed by atoms with van der Waals surface area (Å²) in [7, 11) is 0. The summed E-state index contributed by atoms with van der Waals surface area (Å²) in [5.41, 5.74) is 8.26. The maximum absolute atomic E-state index is 11.9. The van der Waals surface area contributed by atoms with Crippen LogP contribution in [0.4, 0.5) is 10.5 Å². The first-order valence-electron chi connectivity index (χ1n) is 9.81. The molecule has 4 rings (SSSR count). The lowest BCUT2D eigenvalue weighted by atomic mass is 9.69. The smallest absolute Gasteiger partial charge is 0.319 e. The molecule has 0 aliphatic carbocycles. The number of piperidine rings is 2. The Balaban J connectivity index is 1.57. The van der Waals surface area contributed by atoms with Crippen molar-refractivity contribution in [2.24, 2.45) is 5.73 Å². The van der Waals surface area contributed by atoms with Crippen LogP contribution in [0.1, 0.15) is 44.1 Å². The molecule has 3 aliphatic heterocycles. The van der Waals surface area contributed by atoms with E-state index in [-0.39, 0.29) is 11.4 Å². The minimum Gasteiger partial charge on any atom is -0.351 e. The van der Waals surface area contributed by atoms with Crippen molar-refractivity contribution in [2.75, 3.05) is 37.6 Å². The van der Waals surface area contributed by atoms with Gasteiger partial charge in [-0.1, -0.05) is 18.2 Å². The lowest BCUT2D eigenvalue weighted by Gasteiger charge is -2.46. The average molecular weight is 342 g/mol. The number of carbonyl (C=O) groups is 1. The molecule has 1 aromatic carbocycles. The van der Waals surface area contributed by atoms with Gasteiger partial charge < -0.3 is 16.0 Å². The van der Waals surface area contributed by atoms with Crippen LogP contribution in [0.3, 0.4) is 0 Å². The number of likely N-dealkylation sites (tertiary alicyclic amines) is 1. The molecule has 0 aromatic heterocycles. The van der Waals surface area contributed by atoms with Gasteiger partial charge in [0.05, 0.1) is 0 Å². The molecule has 0 bridgehead atoms. The van der Waals surface area contributed by atoms with Crippen molar-refractivity contribution in [3.63, 3.8) is 0 Å². The van der Waals surface area contributed by atoms with Gasteiger partial charge in [0, 0.05) is 18.3 Å². The van der Waals surface area contributed by atoms with Gasteiger partial charge in [-0.25, -0.2) is 4.79 Å². The quantitative estimate of drug-likeness (QED) is 0.824. The summed E-state index contributed by atoms with van der Waals surface area (Å²) in [6.07, 6.45) is 7.14. The van der Waals surface area contributed by atoms with E-state index in [1.807, 2.05) is 6.07 Å². The summed E-state index contributed by atoms with van der Waals surface area (Å²) in [6.45, 7) is 5.41. The van der Waals surface area contributed by atoms with Gasteiger partial charge in [-0.15, -0.1) is 0 Å². The number of nitrogens with zero attached hydrogens (tertiary/aromatic N) is 2. The van der Waals surface area contributed by atoms with Gasteiger partial charge in [0.2, 0.25) is 0 Å². The zero-order chi connectivity index (χ0) is 17.3. The van der Waals surface area contributed by atoms with Crippen molar-refractivity contribution in [3.05, 3.63) is 29.8 Å². The minimum absolute atomic E-state index is 0.213. The summed E-state index contributed by atoms with van der Waals surface area (Å²) >= 11 is 0. The van der Waals surface area contributed by atoms with E-state index in [2.05, 4.69) is 28.4 Å². The third-order valence-corrected chi connectivity index (χ3v) is 6.65. The molecule has 0 radical (unpaired) electrons. The second kappa shape index (κ2) is 6.96. The van der Waals surface area contributed by atoms with E-state index < -0.39 is 0 Å². The zero-order valence-corrected chi connectivity index (χ0v) is 15.0. The molecule has 136 valence electrons. The molecule has 3 heterocycles. The number of primary amides is 1. The van der Waals surface area contributed by atoms with Gasteiger partial charge in [-0.05, 0) is 81.7 Å². The van der Waals surface area contributed by atoms with E-state index in [1.165, 1.54) is 44.3 Å². The third kappa shape index (κ3) is 3.15. The fourth-order valence-corrected chi connectivity index (χ4v) is 5.23. The van der Waals surface area contributed by atoms with Crippen molar-refractivity contribution in [1.82, 2.24) is 10.2 Å². The second-order valence-corrected chi connectivity index (χ2v) is 7.91. The number of nitrogens with two attached hydrogens (primary N) is 1. The van der Waals surface area contributed by atoms with E-state index in [0.29, 0.717) is 0 Å². The molecule has 0 unspecified atom stereocenters. The summed E-state index contributed by atoms with van der Waals surface area (Å²) in [4.78, 5) is 16.4. The molecule has 5 heteroatoms. The standard InChI is InChI=1S/C20H30N4O/c21-19(25)24-13-3-8-20(17-4-1-2-5-18(17)24)9-14-23(15-10-20)16-6-11-22-12-7-16/h1-2,4-5,16,22H,3,6-15H2,(H2,21,25). The molecule has 1 spiro atoms. The molecule has 3 N–H and O–H groups in total. The van der Waals surface area contributed by atoms with Crippen molar-refractivity contribution in [1.29, 1.82) is 0 Å². The average Bonchev–Trinajstić information content (AvgIpc) is 2.81. The van der Waals surface area contributed by atoms with E-state index in [9.17, 15) is 4.79 Å². The number of hydrogen-bond donors (Lipinski definition) is 2. The van der Waals surface area contributed by atoms with Crippen molar-refractivity contribution in [3.8, 4) is 0 Å². The van der Waals surface area contributed by atoms with Crippen LogP contribution in [0.5, 0.6) is 0 Å². The summed E-state index contributed by atoms with van der Waals surface area (Å²) in [5.74, 6) is 0. The Hall–Kier alpha value is -1.59. The Morgan fingerprint density at radius 1 is 1.08 bits per heavy atom. The molecular formula is C20H30N4O. The molecule has 2 fully saturated rings. The molecule has 0 atom stereocenters. The summed E-state index contributed by atoms with van der Waals surface area (Å²) in [6, 6.07) is 8.88. The van der Waals surface area contributed by atoms with Gasteiger partial charge in [-0.3, -0.25) is 4.90 Å². The Morgan fingerprint density at radius 2 is 1.80 bits per heavy atom. The van der Waals surface area contributed by atoms with Gasteiger partial charge >= 0.3 is 6.03 Å². The van der Waals surface area contributed by atoms with Gasteiger partial charge in [0.15, 0.2) is 0 Å². The number of hydrogen-bond acceptors (Lipinski definition) is 3. The second-order valence-electron chi connectivity index (χ2n) is 7.91. The highest BCUT2D eigenvalue weighted by atomic mass is 16.2. The number of fused-ring (bicyclic) bond motifs is 2. The summed E-state index contributed by atoms with van der Waals surface area (Å²) < 4.78 is 0. The van der Waals surface area contributed by atoms with Gasteiger partial charge in [0.25, 0.3) is 0 Å². The summed E-state index contributed by atoms with van der Waals surface area (Å²) in [5, 5.41) is 3.47. The highest BCUT2D eigenvalue weighted by Crippen LogP contribution is 2.46. The SMILES string of the molecule is NC(=O)N1CCCC2(CCN(C3CCNCC3)CC2)c2ccccc21. The monoisotopic (exact) mass is 342 g/mol.